The summed E-state index contributed by atoms with van der Waals surface area (Å²) in [6.45, 7) is 10.7. The van der Waals surface area contributed by atoms with Crippen LogP contribution < -0.4 is 9.47 Å². The van der Waals surface area contributed by atoms with Crippen LogP contribution in [0, 0.1) is 31.1 Å². The van der Waals surface area contributed by atoms with Gasteiger partial charge in [-0.1, -0.05) is 31.0 Å². The maximum Gasteiger partial charge on any atom is 0.304 e. The van der Waals surface area contributed by atoms with Crippen molar-refractivity contribution in [3.8, 4) is 33.8 Å². The normalized spacial score (nSPS) is 14.8. The molecule has 4 rings (SSSR count). The molecule has 2 aromatic carbocycles. The number of hydrogen-bond acceptors (Lipinski definition) is 5. The smallest absolute Gasteiger partial charge is 0.304 e. The second kappa shape index (κ2) is 11.2. The van der Waals surface area contributed by atoms with Crippen molar-refractivity contribution in [2.24, 2.45) is 5.41 Å². The van der Waals surface area contributed by atoms with E-state index in [9.17, 15) is 9.90 Å². The molecule has 0 spiro atoms. The molecule has 0 amide bonds. The average Bonchev–Trinajstić information content (AvgIpc) is 3.29. The van der Waals surface area contributed by atoms with E-state index in [0.717, 1.165) is 40.0 Å². The van der Waals surface area contributed by atoms with E-state index >= 15 is 0 Å². The van der Waals surface area contributed by atoms with Gasteiger partial charge < -0.3 is 19.3 Å². The average molecular weight is 505 g/mol. The van der Waals surface area contributed by atoms with E-state index in [-0.39, 0.29) is 17.8 Å². The number of thiophene rings is 1. The molecular weight excluding hydrogens is 472 g/mol. The molecule has 5 nitrogen and oxygen atoms in total. The summed E-state index contributed by atoms with van der Waals surface area (Å²) in [5, 5.41) is 9.92. The fraction of sp³-hybridized carbons (Fsp3) is 0.367. The lowest BCUT2D eigenvalue weighted by molar-refractivity contribution is -0.137. The van der Waals surface area contributed by atoms with Gasteiger partial charge in [-0.15, -0.1) is 17.3 Å². The summed E-state index contributed by atoms with van der Waals surface area (Å²) in [7, 11) is 0. The van der Waals surface area contributed by atoms with E-state index in [1.54, 1.807) is 6.92 Å². The first-order valence-corrected chi connectivity index (χ1v) is 12.9. The molecule has 1 atom stereocenters. The molecule has 0 aliphatic carbocycles. The highest BCUT2D eigenvalue weighted by molar-refractivity contribution is 7.13. The lowest BCUT2D eigenvalue weighted by Gasteiger charge is -2.37. The number of ether oxygens (including phenoxy) is 3. The van der Waals surface area contributed by atoms with Gasteiger partial charge in [-0.3, -0.25) is 4.79 Å². The quantitative estimate of drug-likeness (QED) is 0.315. The fourth-order valence-corrected chi connectivity index (χ4v) is 5.30. The molecule has 1 fully saturated rings. The van der Waals surface area contributed by atoms with Gasteiger partial charge in [0.1, 0.15) is 12.4 Å². The van der Waals surface area contributed by atoms with Gasteiger partial charge in [0.25, 0.3) is 0 Å². The molecule has 6 heteroatoms. The van der Waals surface area contributed by atoms with Gasteiger partial charge in [-0.05, 0) is 78.9 Å². The van der Waals surface area contributed by atoms with Crippen LogP contribution in [0.4, 0.5) is 0 Å². The number of aliphatic carboxylic acids is 1. The van der Waals surface area contributed by atoms with E-state index in [1.807, 2.05) is 18.2 Å². The van der Waals surface area contributed by atoms with E-state index in [2.05, 4.69) is 62.9 Å². The molecule has 1 saturated heterocycles. The maximum absolute atomic E-state index is 11.2. The van der Waals surface area contributed by atoms with Crippen LogP contribution in [-0.2, 0) is 16.1 Å². The standard InChI is InChI=1S/C30H32O5S/c1-5-7-23(15-27(31)32)26-10-11-28(36-26)34-16-22-8-6-9-24(14-22)29-20(2)12-25(13-21(29)3)35-19-30(4)17-33-18-30/h6,8-14,23H,15-19H2,1-4H3,(H,31,32). The third-order valence-corrected chi connectivity index (χ3v) is 7.35. The van der Waals surface area contributed by atoms with Crippen molar-refractivity contribution >= 4 is 17.3 Å². The highest BCUT2D eigenvalue weighted by Crippen LogP contribution is 2.35. The van der Waals surface area contributed by atoms with Gasteiger partial charge in [0.15, 0.2) is 5.06 Å². The number of carboxylic acids is 1. The Kier molecular flexibility index (Phi) is 8.03. The Labute approximate surface area is 217 Å². The maximum atomic E-state index is 11.2. The Morgan fingerprint density at radius 2 is 1.89 bits per heavy atom. The summed E-state index contributed by atoms with van der Waals surface area (Å²) in [4.78, 5) is 12.1. The highest BCUT2D eigenvalue weighted by atomic mass is 32.1. The lowest BCUT2D eigenvalue weighted by atomic mass is 9.90. The van der Waals surface area contributed by atoms with Crippen LogP contribution in [0.15, 0.2) is 48.5 Å². The number of benzene rings is 2. The van der Waals surface area contributed by atoms with Crippen LogP contribution in [0.5, 0.6) is 10.8 Å². The number of carboxylic acid groups (broad SMARTS) is 1. The van der Waals surface area contributed by atoms with Crippen molar-refractivity contribution in [1.29, 1.82) is 0 Å². The van der Waals surface area contributed by atoms with Crippen molar-refractivity contribution < 1.29 is 24.1 Å². The fourth-order valence-electron chi connectivity index (χ4n) is 4.40. The van der Waals surface area contributed by atoms with Crippen molar-refractivity contribution in [3.63, 3.8) is 0 Å². The molecule has 188 valence electrons. The van der Waals surface area contributed by atoms with Crippen LogP contribution in [0.25, 0.3) is 11.1 Å². The second-order valence-electron chi connectivity index (χ2n) is 9.71. The molecule has 2 heterocycles. The van der Waals surface area contributed by atoms with Gasteiger partial charge in [0, 0.05) is 10.3 Å². The molecule has 1 aromatic heterocycles. The Bertz CT molecular complexity index is 1270. The zero-order valence-electron chi connectivity index (χ0n) is 21.2. The summed E-state index contributed by atoms with van der Waals surface area (Å²) in [5.74, 6) is 5.53. The highest BCUT2D eigenvalue weighted by Gasteiger charge is 2.34. The summed E-state index contributed by atoms with van der Waals surface area (Å²) in [6.07, 6.45) is -0.0148. The minimum atomic E-state index is -0.858. The lowest BCUT2D eigenvalue weighted by Crippen LogP contribution is -2.44. The molecule has 1 unspecified atom stereocenters. The van der Waals surface area contributed by atoms with Crippen LogP contribution in [0.3, 0.4) is 0 Å². The van der Waals surface area contributed by atoms with Gasteiger partial charge >= 0.3 is 5.97 Å². The molecule has 1 aliphatic heterocycles. The van der Waals surface area contributed by atoms with Crippen molar-refractivity contribution in [1.82, 2.24) is 0 Å². The molecule has 3 aromatic rings. The van der Waals surface area contributed by atoms with Crippen molar-refractivity contribution in [2.75, 3.05) is 19.8 Å². The zero-order valence-corrected chi connectivity index (χ0v) is 22.0. The zero-order chi connectivity index (χ0) is 25.7. The number of aryl methyl sites for hydroxylation is 2. The summed E-state index contributed by atoms with van der Waals surface area (Å²) >= 11 is 1.45. The molecule has 0 saturated carbocycles. The number of hydrogen-bond donors (Lipinski definition) is 1. The molecule has 36 heavy (non-hydrogen) atoms. The third kappa shape index (κ3) is 6.29. The van der Waals surface area contributed by atoms with E-state index < -0.39 is 5.97 Å². The van der Waals surface area contributed by atoms with E-state index in [4.69, 9.17) is 14.2 Å². The Morgan fingerprint density at radius 1 is 1.14 bits per heavy atom. The number of carbonyl (C=O) groups is 1. The molecule has 1 aliphatic rings. The van der Waals surface area contributed by atoms with E-state index in [0.29, 0.717) is 13.2 Å². The van der Waals surface area contributed by atoms with E-state index in [1.165, 1.54) is 28.0 Å². The molecule has 0 bridgehead atoms. The molecular formula is C30H32O5S. The molecule has 1 N–H and O–H groups in total. The van der Waals surface area contributed by atoms with Gasteiger partial charge in [-0.2, -0.15) is 0 Å². The second-order valence-corrected chi connectivity index (χ2v) is 10.8. The Balaban J connectivity index is 1.44. The largest absolute Gasteiger partial charge is 0.493 e. The minimum Gasteiger partial charge on any atom is -0.493 e. The third-order valence-electron chi connectivity index (χ3n) is 6.23. The predicted octanol–water partition coefficient (Wildman–Crippen LogP) is 6.61. The first kappa shape index (κ1) is 25.8. The summed E-state index contributed by atoms with van der Waals surface area (Å²) < 4.78 is 17.5. The van der Waals surface area contributed by atoms with Gasteiger partial charge in [0.2, 0.25) is 0 Å². The first-order valence-electron chi connectivity index (χ1n) is 12.0. The summed E-state index contributed by atoms with van der Waals surface area (Å²) in [5.41, 5.74) is 5.86. The number of rotatable bonds is 10. The van der Waals surface area contributed by atoms with Crippen molar-refractivity contribution in [3.05, 3.63) is 70.1 Å². The first-order chi connectivity index (χ1) is 17.3. The topological polar surface area (TPSA) is 65.0 Å². The van der Waals surface area contributed by atoms with Crippen LogP contribution >= 0.6 is 11.3 Å². The molecule has 0 radical (unpaired) electrons. The van der Waals surface area contributed by atoms with Gasteiger partial charge in [-0.25, -0.2) is 0 Å². The Morgan fingerprint density at radius 3 is 2.53 bits per heavy atom. The Hall–Kier alpha value is -3.27. The van der Waals surface area contributed by atoms with Crippen LogP contribution in [-0.4, -0.2) is 30.9 Å². The van der Waals surface area contributed by atoms with Crippen molar-refractivity contribution in [2.45, 2.75) is 46.6 Å². The summed E-state index contributed by atoms with van der Waals surface area (Å²) in [6, 6.07) is 16.4. The predicted molar refractivity (Wildman–Crippen MR) is 143 cm³/mol. The minimum absolute atomic E-state index is 0.0148. The monoisotopic (exact) mass is 504 g/mol. The van der Waals surface area contributed by atoms with Crippen LogP contribution in [0.2, 0.25) is 0 Å². The van der Waals surface area contributed by atoms with Gasteiger partial charge in [0.05, 0.1) is 32.2 Å². The SMILES string of the molecule is CC#CC(CC(=O)O)c1ccc(OCc2cccc(-c3c(C)cc(OCC4(C)COC4)cc3C)c2)s1. The van der Waals surface area contributed by atoms with Crippen LogP contribution in [0.1, 0.15) is 47.8 Å².